The van der Waals surface area contributed by atoms with E-state index in [9.17, 15) is 13.2 Å². The van der Waals surface area contributed by atoms with E-state index >= 15 is 0 Å². The van der Waals surface area contributed by atoms with Crippen molar-refractivity contribution in [2.24, 2.45) is 0 Å². The van der Waals surface area contributed by atoms with Gasteiger partial charge in [-0.05, 0) is 34.5 Å². The fourth-order valence-corrected chi connectivity index (χ4v) is 4.38. The van der Waals surface area contributed by atoms with Crippen LogP contribution in [0.4, 0.5) is 5.13 Å². The maximum absolute atomic E-state index is 12.3. The summed E-state index contributed by atoms with van der Waals surface area (Å²) in [5.74, 6) is -0.198. The van der Waals surface area contributed by atoms with E-state index in [0.717, 1.165) is 28.5 Å². The lowest BCUT2D eigenvalue weighted by molar-refractivity contribution is -0.115. The number of carbonyl (C=O) groups excluding carboxylic acids is 1. The molecule has 0 saturated heterocycles. The quantitative estimate of drug-likeness (QED) is 0.512. The third-order valence-electron chi connectivity index (χ3n) is 4.51. The first-order valence-corrected chi connectivity index (χ1v) is 11.7. The number of hydrogen-bond donors (Lipinski definition) is 1. The number of rotatable bonds is 5. The highest BCUT2D eigenvalue weighted by molar-refractivity contribution is 7.90. The summed E-state index contributed by atoms with van der Waals surface area (Å²) in [7, 11) is -3.24. The number of nitrogens with one attached hydrogen (secondary N) is 1. The Hall–Kier alpha value is -3.03. The van der Waals surface area contributed by atoms with Gasteiger partial charge in [0.25, 0.3) is 0 Å². The van der Waals surface area contributed by atoms with Crippen molar-refractivity contribution in [3.8, 4) is 11.3 Å². The largest absolute Gasteiger partial charge is 0.302 e. The van der Waals surface area contributed by atoms with Gasteiger partial charge in [0.05, 0.1) is 17.0 Å². The minimum atomic E-state index is -3.24. The summed E-state index contributed by atoms with van der Waals surface area (Å²) < 4.78 is 23.0. The molecule has 0 saturated carbocycles. The predicted octanol–water partition coefficient (Wildman–Crippen LogP) is 4.55. The molecule has 4 aromatic rings. The minimum Gasteiger partial charge on any atom is -0.302 e. The number of anilines is 1. The number of amides is 1. The molecular weight excluding hydrogens is 404 g/mol. The second-order valence-corrected chi connectivity index (χ2v) is 9.61. The van der Waals surface area contributed by atoms with Crippen LogP contribution in [0.3, 0.4) is 0 Å². The van der Waals surface area contributed by atoms with Crippen LogP contribution < -0.4 is 5.32 Å². The third kappa shape index (κ3) is 4.52. The van der Waals surface area contributed by atoms with Gasteiger partial charge in [0.15, 0.2) is 15.0 Å². The zero-order valence-corrected chi connectivity index (χ0v) is 17.3. The highest BCUT2D eigenvalue weighted by Crippen LogP contribution is 2.27. The molecule has 7 heteroatoms. The van der Waals surface area contributed by atoms with Gasteiger partial charge >= 0.3 is 0 Å². The minimum absolute atomic E-state index is 0.148. The molecule has 29 heavy (non-hydrogen) atoms. The van der Waals surface area contributed by atoms with Crippen molar-refractivity contribution in [2.45, 2.75) is 11.3 Å². The number of thiazole rings is 1. The number of benzene rings is 3. The lowest BCUT2D eigenvalue weighted by Gasteiger charge is -2.04. The Labute approximate surface area is 173 Å². The highest BCUT2D eigenvalue weighted by Gasteiger charge is 2.11. The lowest BCUT2D eigenvalue weighted by Crippen LogP contribution is -2.14. The summed E-state index contributed by atoms with van der Waals surface area (Å²) >= 11 is 1.37. The van der Waals surface area contributed by atoms with E-state index < -0.39 is 9.84 Å². The molecule has 0 aliphatic rings. The van der Waals surface area contributed by atoms with Crippen LogP contribution in [-0.2, 0) is 21.1 Å². The van der Waals surface area contributed by atoms with Crippen molar-refractivity contribution in [1.82, 2.24) is 4.98 Å². The number of fused-ring (bicyclic) bond motifs is 1. The van der Waals surface area contributed by atoms with Crippen LogP contribution >= 0.6 is 11.3 Å². The topological polar surface area (TPSA) is 76.1 Å². The van der Waals surface area contributed by atoms with Crippen LogP contribution in [0.5, 0.6) is 0 Å². The Bertz CT molecular complexity index is 1290. The summed E-state index contributed by atoms with van der Waals surface area (Å²) in [4.78, 5) is 17.1. The lowest BCUT2D eigenvalue weighted by atomic mass is 10.1. The van der Waals surface area contributed by atoms with E-state index in [2.05, 4.69) is 34.6 Å². The van der Waals surface area contributed by atoms with E-state index in [0.29, 0.717) is 5.13 Å². The molecule has 0 spiro atoms. The Morgan fingerprint density at radius 3 is 2.45 bits per heavy atom. The first-order chi connectivity index (χ1) is 13.9. The van der Waals surface area contributed by atoms with E-state index in [1.54, 1.807) is 12.1 Å². The zero-order chi connectivity index (χ0) is 20.4. The molecule has 4 rings (SSSR count). The smallest absolute Gasteiger partial charge is 0.230 e. The van der Waals surface area contributed by atoms with Crippen LogP contribution in [0.1, 0.15) is 5.56 Å². The standard InChI is InChI=1S/C22H18N2O3S2/c1-29(26,27)19-10-6-15(7-11-19)12-21(25)24-22-23-20(14-28-22)18-9-8-16-4-2-3-5-17(16)13-18/h2-11,13-14H,12H2,1H3,(H,23,24,25). The fraction of sp³-hybridized carbons (Fsp3) is 0.0909. The molecule has 1 amide bonds. The van der Waals surface area contributed by atoms with Crippen LogP contribution in [0.25, 0.3) is 22.0 Å². The normalized spacial score (nSPS) is 11.5. The van der Waals surface area contributed by atoms with Gasteiger partial charge in [0.1, 0.15) is 0 Å². The van der Waals surface area contributed by atoms with Crippen molar-refractivity contribution in [2.75, 3.05) is 11.6 Å². The van der Waals surface area contributed by atoms with Crippen molar-refractivity contribution in [3.63, 3.8) is 0 Å². The Balaban J connectivity index is 1.45. The number of carbonyl (C=O) groups is 1. The Morgan fingerprint density at radius 2 is 1.72 bits per heavy atom. The van der Waals surface area contributed by atoms with Crippen LogP contribution in [0, 0.1) is 0 Å². The van der Waals surface area contributed by atoms with E-state index in [4.69, 9.17) is 0 Å². The zero-order valence-electron chi connectivity index (χ0n) is 15.6. The number of nitrogens with zero attached hydrogens (tertiary/aromatic N) is 1. The molecule has 0 aliphatic carbocycles. The third-order valence-corrected chi connectivity index (χ3v) is 6.40. The molecule has 1 aromatic heterocycles. The Morgan fingerprint density at radius 1 is 1.00 bits per heavy atom. The average molecular weight is 423 g/mol. The average Bonchev–Trinajstić information content (AvgIpc) is 3.15. The molecule has 0 unspecified atom stereocenters. The first-order valence-electron chi connectivity index (χ1n) is 8.92. The fourth-order valence-electron chi connectivity index (χ4n) is 3.02. The molecule has 0 atom stereocenters. The SMILES string of the molecule is CS(=O)(=O)c1ccc(CC(=O)Nc2nc(-c3ccc4ccccc4c3)cs2)cc1. The molecule has 146 valence electrons. The number of sulfone groups is 1. The molecule has 3 aromatic carbocycles. The van der Waals surface area contributed by atoms with E-state index in [1.807, 2.05) is 23.6 Å². The van der Waals surface area contributed by atoms with Gasteiger partial charge in [-0.15, -0.1) is 11.3 Å². The second kappa shape index (κ2) is 7.77. The van der Waals surface area contributed by atoms with Gasteiger partial charge in [-0.25, -0.2) is 13.4 Å². The molecular formula is C22H18N2O3S2. The summed E-state index contributed by atoms with van der Waals surface area (Å²) in [6, 6.07) is 20.6. The van der Waals surface area contributed by atoms with Crippen LogP contribution in [0.2, 0.25) is 0 Å². The monoisotopic (exact) mass is 422 g/mol. The Kier molecular flexibility index (Phi) is 5.17. The molecule has 0 radical (unpaired) electrons. The maximum atomic E-state index is 12.3. The van der Waals surface area contributed by atoms with Crippen molar-refractivity contribution in [3.05, 3.63) is 77.7 Å². The van der Waals surface area contributed by atoms with Crippen LogP contribution in [-0.4, -0.2) is 25.6 Å². The number of aromatic nitrogens is 1. The maximum Gasteiger partial charge on any atom is 0.230 e. The molecule has 0 fully saturated rings. The van der Waals surface area contributed by atoms with Gasteiger partial charge in [0, 0.05) is 17.2 Å². The molecule has 0 aliphatic heterocycles. The second-order valence-electron chi connectivity index (χ2n) is 6.74. The van der Waals surface area contributed by atoms with E-state index in [1.165, 1.54) is 28.9 Å². The summed E-state index contributed by atoms with van der Waals surface area (Å²) in [5, 5.41) is 7.57. The molecule has 1 N–H and O–H groups in total. The van der Waals surface area contributed by atoms with Gasteiger partial charge in [-0.1, -0.05) is 48.5 Å². The van der Waals surface area contributed by atoms with Gasteiger partial charge in [0.2, 0.25) is 5.91 Å². The molecule has 5 nitrogen and oxygen atoms in total. The van der Waals surface area contributed by atoms with Crippen molar-refractivity contribution >= 4 is 43.0 Å². The summed E-state index contributed by atoms with van der Waals surface area (Å²) in [6.45, 7) is 0. The van der Waals surface area contributed by atoms with Gasteiger partial charge < -0.3 is 5.32 Å². The summed E-state index contributed by atoms with van der Waals surface area (Å²) in [6.07, 6.45) is 1.30. The highest BCUT2D eigenvalue weighted by atomic mass is 32.2. The molecule has 0 bridgehead atoms. The molecule has 1 heterocycles. The van der Waals surface area contributed by atoms with Crippen LogP contribution in [0.15, 0.2) is 77.0 Å². The van der Waals surface area contributed by atoms with Crippen molar-refractivity contribution < 1.29 is 13.2 Å². The van der Waals surface area contributed by atoms with Gasteiger partial charge in [-0.3, -0.25) is 4.79 Å². The van der Waals surface area contributed by atoms with Crippen molar-refractivity contribution in [1.29, 1.82) is 0 Å². The summed E-state index contributed by atoms with van der Waals surface area (Å²) in [5.41, 5.74) is 2.55. The van der Waals surface area contributed by atoms with Gasteiger partial charge in [-0.2, -0.15) is 0 Å². The van der Waals surface area contributed by atoms with E-state index in [-0.39, 0.29) is 17.2 Å². The first kappa shape index (κ1) is 19.3. The number of hydrogen-bond acceptors (Lipinski definition) is 5. The predicted molar refractivity (Wildman–Crippen MR) is 117 cm³/mol.